The molecule has 0 saturated heterocycles. The van der Waals surface area contributed by atoms with Gasteiger partial charge in [-0.25, -0.2) is 4.79 Å². The molecule has 0 unspecified atom stereocenters. The first-order valence-electron chi connectivity index (χ1n) is 11.2. The Hall–Kier alpha value is -2.80. The lowest BCUT2D eigenvalue weighted by atomic mass is 10.1. The molecular formula is C26H34N2O2. The van der Waals surface area contributed by atoms with Crippen molar-refractivity contribution in [3.8, 4) is 6.07 Å². The zero-order valence-corrected chi connectivity index (χ0v) is 18.4. The molecule has 1 aromatic carbocycles. The molecule has 0 radical (unpaired) electrons. The van der Waals surface area contributed by atoms with E-state index < -0.39 is 5.97 Å². The Morgan fingerprint density at radius 3 is 2.20 bits per heavy atom. The van der Waals surface area contributed by atoms with Gasteiger partial charge >= 0.3 is 5.97 Å². The molecule has 0 N–H and O–H groups in total. The summed E-state index contributed by atoms with van der Waals surface area (Å²) in [5, 5.41) is 9.44. The van der Waals surface area contributed by atoms with Gasteiger partial charge in [-0.05, 0) is 49.1 Å². The van der Waals surface area contributed by atoms with Crippen LogP contribution in [0.3, 0.4) is 0 Å². The smallest absolute Gasteiger partial charge is 0.349 e. The van der Waals surface area contributed by atoms with Gasteiger partial charge in [-0.15, -0.1) is 0 Å². The zero-order valence-electron chi connectivity index (χ0n) is 18.4. The van der Waals surface area contributed by atoms with Crippen molar-refractivity contribution in [1.82, 2.24) is 0 Å². The molecule has 0 bridgehead atoms. The van der Waals surface area contributed by atoms with Crippen LogP contribution in [0.1, 0.15) is 70.8 Å². The number of nitrogens with zero attached hydrogens (tertiary/aromatic N) is 2. The lowest BCUT2D eigenvalue weighted by molar-refractivity contribution is -0.138. The van der Waals surface area contributed by atoms with Crippen molar-refractivity contribution in [2.24, 2.45) is 0 Å². The molecule has 0 fully saturated rings. The Morgan fingerprint density at radius 1 is 0.933 bits per heavy atom. The van der Waals surface area contributed by atoms with Crippen molar-refractivity contribution in [2.45, 2.75) is 71.6 Å². The summed E-state index contributed by atoms with van der Waals surface area (Å²) in [6.45, 7) is 4.76. The number of rotatable bonds is 12. The minimum absolute atomic E-state index is 0.0584. The van der Waals surface area contributed by atoms with Gasteiger partial charge in [0.25, 0.3) is 0 Å². The van der Waals surface area contributed by atoms with Gasteiger partial charge in [0.2, 0.25) is 0 Å². The van der Waals surface area contributed by atoms with Crippen molar-refractivity contribution in [1.29, 1.82) is 5.26 Å². The van der Waals surface area contributed by atoms with E-state index in [0.29, 0.717) is 12.2 Å². The van der Waals surface area contributed by atoms with Crippen LogP contribution in [0.5, 0.6) is 0 Å². The Labute approximate surface area is 181 Å². The topological polar surface area (TPSA) is 53.3 Å². The molecule has 4 nitrogen and oxygen atoms in total. The number of nitriles is 1. The molecule has 4 heteroatoms. The number of unbranched alkanes of at least 4 members (excludes halogenated alkanes) is 6. The maximum Gasteiger partial charge on any atom is 0.349 e. The zero-order chi connectivity index (χ0) is 21.6. The van der Waals surface area contributed by atoms with E-state index in [2.05, 4.69) is 38.1 Å². The Balaban J connectivity index is 1.88. The van der Waals surface area contributed by atoms with Crippen molar-refractivity contribution < 1.29 is 9.53 Å². The van der Waals surface area contributed by atoms with Crippen LogP contribution in [0.2, 0.25) is 0 Å². The molecule has 0 aromatic heterocycles. The van der Waals surface area contributed by atoms with Crippen LogP contribution < -0.4 is 4.90 Å². The molecule has 0 atom stereocenters. The lowest BCUT2D eigenvalue weighted by Crippen LogP contribution is -2.13. The second-order valence-corrected chi connectivity index (χ2v) is 7.65. The van der Waals surface area contributed by atoms with Gasteiger partial charge in [-0.2, -0.15) is 5.26 Å². The number of hydrogen-bond acceptors (Lipinski definition) is 4. The fraction of sp³-hybridized carbons (Fsp3) is 0.462. The fourth-order valence-electron chi connectivity index (χ4n) is 3.33. The number of esters is 1. The predicted molar refractivity (Wildman–Crippen MR) is 123 cm³/mol. The average Bonchev–Trinajstić information content (AvgIpc) is 2.78. The SMILES string of the molecule is CCCCCCCCOC(=O)C(C#N)=C1C=CN(c2ccc(CCCC)cc2)C=C1. The van der Waals surface area contributed by atoms with Gasteiger partial charge in [0.15, 0.2) is 0 Å². The minimum Gasteiger partial charge on any atom is -0.462 e. The van der Waals surface area contributed by atoms with Crippen molar-refractivity contribution in [2.75, 3.05) is 11.5 Å². The number of anilines is 1. The molecule has 0 amide bonds. The molecule has 30 heavy (non-hydrogen) atoms. The molecule has 0 saturated carbocycles. The van der Waals surface area contributed by atoms with Gasteiger partial charge < -0.3 is 9.64 Å². The quantitative estimate of drug-likeness (QED) is 0.170. The first-order valence-corrected chi connectivity index (χ1v) is 11.2. The minimum atomic E-state index is -0.538. The molecule has 0 aliphatic carbocycles. The molecule has 1 aromatic rings. The number of ether oxygens (including phenoxy) is 1. The van der Waals surface area contributed by atoms with Crippen LogP contribution in [0.4, 0.5) is 5.69 Å². The van der Waals surface area contributed by atoms with Crippen LogP contribution in [-0.4, -0.2) is 12.6 Å². The van der Waals surface area contributed by atoms with E-state index in [4.69, 9.17) is 4.74 Å². The molecule has 1 aliphatic heterocycles. The maximum atomic E-state index is 12.3. The van der Waals surface area contributed by atoms with Gasteiger partial charge in [0, 0.05) is 23.7 Å². The molecule has 0 spiro atoms. The van der Waals surface area contributed by atoms with Crippen molar-refractivity contribution in [3.63, 3.8) is 0 Å². The maximum absolute atomic E-state index is 12.3. The highest BCUT2D eigenvalue weighted by molar-refractivity contribution is 5.95. The first kappa shape index (κ1) is 23.5. The number of carbonyl (C=O) groups excluding carboxylic acids is 1. The van der Waals surface area contributed by atoms with Crippen LogP contribution in [-0.2, 0) is 16.0 Å². The Bertz CT molecular complexity index is 781. The van der Waals surface area contributed by atoms with E-state index in [0.717, 1.165) is 24.9 Å². The number of carbonyl (C=O) groups is 1. The van der Waals surface area contributed by atoms with Gasteiger partial charge in [0.1, 0.15) is 11.6 Å². The second kappa shape index (κ2) is 13.4. The standard InChI is InChI=1S/C26H34N2O2/c1-3-5-7-8-9-10-20-30-26(29)25(21-27)23-16-18-28(19-17-23)24-14-12-22(13-15-24)11-6-4-2/h12-19H,3-11,20H2,1-2H3. The molecule has 1 heterocycles. The van der Waals surface area contributed by atoms with Gasteiger partial charge in [-0.1, -0.05) is 64.5 Å². The highest BCUT2D eigenvalue weighted by atomic mass is 16.5. The summed E-state index contributed by atoms with van der Waals surface area (Å²) >= 11 is 0. The third kappa shape index (κ3) is 7.55. The van der Waals surface area contributed by atoms with Crippen LogP contribution in [0.15, 0.2) is 60.0 Å². The first-order chi connectivity index (χ1) is 14.7. The summed E-state index contributed by atoms with van der Waals surface area (Å²) in [6, 6.07) is 10.5. The summed E-state index contributed by atoms with van der Waals surface area (Å²) in [6.07, 6.45) is 17.6. The highest BCUT2D eigenvalue weighted by Gasteiger charge is 2.16. The van der Waals surface area contributed by atoms with E-state index in [-0.39, 0.29) is 5.57 Å². The number of allylic oxidation sites excluding steroid dienone is 3. The average molecular weight is 407 g/mol. The number of benzene rings is 1. The van der Waals surface area contributed by atoms with Gasteiger partial charge in [0.05, 0.1) is 6.61 Å². The van der Waals surface area contributed by atoms with E-state index in [9.17, 15) is 10.1 Å². The molecule has 1 aliphatic rings. The van der Waals surface area contributed by atoms with Crippen LogP contribution in [0.25, 0.3) is 0 Å². The van der Waals surface area contributed by atoms with Crippen molar-refractivity contribution >= 4 is 11.7 Å². The Kier molecular flexibility index (Phi) is 10.5. The van der Waals surface area contributed by atoms with E-state index in [1.807, 2.05) is 23.4 Å². The summed E-state index contributed by atoms with van der Waals surface area (Å²) in [5.74, 6) is -0.538. The number of aryl methyl sites for hydroxylation is 1. The van der Waals surface area contributed by atoms with E-state index in [1.54, 1.807) is 12.2 Å². The molecule has 2 rings (SSSR count). The van der Waals surface area contributed by atoms with Crippen LogP contribution >= 0.6 is 0 Å². The lowest BCUT2D eigenvalue weighted by Gasteiger charge is -2.19. The number of hydrogen-bond donors (Lipinski definition) is 0. The van der Waals surface area contributed by atoms with Crippen molar-refractivity contribution in [3.05, 3.63) is 65.5 Å². The van der Waals surface area contributed by atoms with E-state index >= 15 is 0 Å². The predicted octanol–water partition coefficient (Wildman–Crippen LogP) is 6.60. The normalized spacial score (nSPS) is 12.7. The fourth-order valence-corrected chi connectivity index (χ4v) is 3.33. The Morgan fingerprint density at radius 2 is 1.57 bits per heavy atom. The summed E-state index contributed by atoms with van der Waals surface area (Å²) in [5.41, 5.74) is 3.03. The van der Waals surface area contributed by atoms with Gasteiger partial charge in [-0.3, -0.25) is 0 Å². The third-order valence-electron chi connectivity index (χ3n) is 5.22. The van der Waals surface area contributed by atoms with Crippen LogP contribution in [0, 0.1) is 11.3 Å². The molecule has 160 valence electrons. The highest BCUT2D eigenvalue weighted by Crippen LogP contribution is 2.22. The summed E-state index contributed by atoms with van der Waals surface area (Å²) in [7, 11) is 0. The summed E-state index contributed by atoms with van der Waals surface area (Å²) < 4.78 is 5.31. The largest absolute Gasteiger partial charge is 0.462 e. The monoisotopic (exact) mass is 406 g/mol. The molecular weight excluding hydrogens is 372 g/mol. The second-order valence-electron chi connectivity index (χ2n) is 7.65. The van der Waals surface area contributed by atoms with E-state index in [1.165, 1.54) is 44.1 Å². The summed E-state index contributed by atoms with van der Waals surface area (Å²) in [4.78, 5) is 14.3. The third-order valence-corrected chi connectivity index (χ3v) is 5.22.